The van der Waals surface area contributed by atoms with Gasteiger partial charge < -0.3 is 9.84 Å². The minimum Gasteiger partial charge on any atom is -0.478 e. The van der Waals surface area contributed by atoms with E-state index in [2.05, 4.69) is 4.72 Å². The number of nitrogens with zero attached hydrogens (tertiary/aromatic N) is 1. The first-order chi connectivity index (χ1) is 14.0. The molecule has 2 aromatic rings. The van der Waals surface area contributed by atoms with Gasteiger partial charge in [-0.25, -0.2) is 21.6 Å². The third-order valence-electron chi connectivity index (χ3n) is 4.51. The molecule has 0 atom stereocenters. The average Bonchev–Trinajstić information content (AvgIpc) is 2.69. The summed E-state index contributed by atoms with van der Waals surface area (Å²) >= 11 is 5.79. The fraction of sp³-hybridized carbons (Fsp3) is 0.278. The number of aromatic carboxylic acids is 1. The number of ether oxygens (including phenoxy) is 1. The first-order valence-electron chi connectivity index (χ1n) is 8.76. The Kier molecular flexibility index (Phi) is 6.39. The molecule has 1 saturated heterocycles. The van der Waals surface area contributed by atoms with Crippen LogP contribution in [0.1, 0.15) is 15.9 Å². The predicted octanol–water partition coefficient (Wildman–Crippen LogP) is 2.17. The number of carboxylic acid groups (broad SMARTS) is 1. The monoisotopic (exact) mass is 474 g/mol. The topological polar surface area (TPSA) is 130 Å². The molecule has 0 saturated carbocycles. The van der Waals surface area contributed by atoms with E-state index in [0.29, 0.717) is 5.56 Å². The molecule has 1 aliphatic rings. The van der Waals surface area contributed by atoms with Gasteiger partial charge in [-0.1, -0.05) is 17.7 Å². The van der Waals surface area contributed by atoms with Crippen LogP contribution in [0.3, 0.4) is 0 Å². The largest absolute Gasteiger partial charge is 0.478 e. The van der Waals surface area contributed by atoms with E-state index in [9.17, 15) is 21.6 Å². The number of sulfonamides is 2. The number of carbonyl (C=O) groups is 1. The zero-order valence-electron chi connectivity index (χ0n) is 15.8. The minimum atomic E-state index is -4.19. The summed E-state index contributed by atoms with van der Waals surface area (Å²) in [6, 6.07) is 7.44. The van der Waals surface area contributed by atoms with Crippen LogP contribution in [-0.2, 0) is 24.8 Å². The van der Waals surface area contributed by atoms with E-state index in [4.69, 9.17) is 21.4 Å². The summed E-state index contributed by atoms with van der Waals surface area (Å²) in [4.78, 5) is 10.9. The van der Waals surface area contributed by atoms with Gasteiger partial charge in [0.15, 0.2) is 0 Å². The summed E-state index contributed by atoms with van der Waals surface area (Å²) < 4.78 is 60.1. The lowest BCUT2D eigenvalue weighted by Gasteiger charge is -2.26. The Hall–Kier alpha value is -2.18. The second-order valence-electron chi connectivity index (χ2n) is 6.55. The van der Waals surface area contributed by atoms with Crippen molar-refractivity contribution in [2.45, 2.75) is 16.7 Å². The van der Waals surface area contributed by atoms with Crippen LogP contribution in [0.2, 0.25) is 5.02 Å². The van der Waals surface area contributed by atoms with Gasteiger partial charge in [-0.15, -0.1) is 0 Å². The number of carboxylic acids is 1. The van der Waals surface area contributed by atoms with E-state index >= 15 is 0 Å². The molecular formula is C18H19ClN2O7S2. The molecule has 0 amide bonds. The number of anilines is 1. The van der Waals surface area contributed by atoms with Gasteiger partial charge in [0.2, 0.25) is 10.0 Å². The Balaban J connectivity index is 1.95. The van der Waals surface area contributed by atoms with E-state index in [1.807, 2.05) is 0 Å². The van der Waals surface area contributed by atoms with Crippen LogP contribution in [0.25, 0.3) is 0 Å². The summed E-state index contributed by atoms with van der Waals surface area (Å²) in [6.45, 7) is 2.60. The number of morpholine rings is 1. The van der Waals surface area contributed by atoms with Gasteiger partial charge in [0.25, 0.3) is 10.0 Å². The molecular weight excluding hydrogens is 456 g/mol. The van der Waals surface area contributed by atoms with Gasteiger partial charge >= 0.3 is 5.97 Å². The molecule has 162 valence electrons. The Bertz CT molecular complexity index is 1190. The summed E-state index contributed by atoms with van der Waals surface area (Å²) in [5, 5.41) is 9.04. The average molecular weight is 475 g/mol. The lowest BCUT2D eigenvalue weighted by atomic mass is 10.2. The first kappa shape index (κ1) is 22.5. The van der Waals surface area contributed by atoms with Crippen molar-refractivity contribution in [1.82, 2.24) is 4.31 Å². The Morgan fingerprint density at radius 1 is 1.10 bits per heavy atom. The van der Waals surface area contributed by atoms with Crippen LogP contribution in [0.5, 0.6) is 0 Å². The molecule has 0 spiro atoms. The molecule has 12 heteroatoms. The van der Waals surface area contributed by atoms with E-state index in [-0.39, 0.29) is 52.4 Å². The van der Waals surface area contributed by atoms with Crippen LogP contribution in [-0.4, -0.2) is 58.5 Å². The first-order valence-corrected chi connectivity index (χ1v) is 12.1. The van der Waals surface area contributed by atoms with Crippen LogP contribution in [0.4, 0.5) is 5.69 Å². The molecule has 1 fully saturated rings. The van der Waals surface area contributed by atoms with Crippen LogP contribution in [0, 0.1) is 6.92 Å². The van der Waals surface area contributed by atoms with E-state index in [0.717, 1.165) is 12.1 Å². The number of benzene rings is 2. The molecule has 0 aliphatic carbocycles. The molecule has 0 bridgehead atoms. The SMILES string of the molecule is Cc1ccc(NS(=O)(=O)c2ccc(Cl)c(C(=O)O)c2)cc1S(=O)(=O)N1CCOCC1. The Morgan fingerprint density at radius 2 is 1.77 bits per heavy atom. The standard InChI is InChI=1S/C18H19ClN2O7S2/c1-12-2-3-13(10-17(12)30(26,27)21-6-8-28-9-7-21)20-29(24,25)14-4-5-16(19)15(11-14)18(22)23/h2-5,10-11,20H,6-9H2,1H3,(H,22,23). The van der Waals surface area contributed by atoms with Crippen LogP contribution >= 0.6 is 11.6 Å². The number of hydrogen-bond acceptors (Lipinski definition) is 6. The van der Waals surface area contributed by atoms with Crippen LogP contribution in [0.15, 0.2) is 46.2 Å². The van der Waals surface area contributed by atoms with Crippen molar-refractivity contribution in [2.24, 2.45) is 0 Å². The van der Waals surface area contributed by atoms with Crippen molar-refractivity contribution in [3.8, 4) is 0 Å². The molecule has 0 aromatic heterocycles. The van der Waals surface area contributed by atoms with Gasteiger partial charge in [-0.05, 0) is 42.8 Å². The number of halogens is 1. The molecule has 3 rings (SSSR count). The zero-order valence-corrected chi connectivity index (χ0v) is 18.2. The van der Waals surface area contributed by atoms with Gasteiger partial charge in [-0.2, -0.15) is 4.31 Å². The second kappa shape index (κ2) is 8.52. The van der Waals surface area contributed by atoms with Crippen molar-refractivity contribution in [3.05, 3.63) is 52.5 Å². The van der Waals surface area contributed by atoms with Crippen molar-refractivity contribution in [1.29, 1.82) is 0 Å². The lowest BCUT2D eigenvalue weighted by Crippen LogP contribution is -2.40. The number of aryl methyl sites for hydroxylation is 1. The number of rotatable bonds is 6. The molecule has 1 heterocycles. The van der Waals surface area contributed by atoms with Gasteiger partial charge in [-0.3, -0.25) is 4.72 Å². The highest BCUT2D eigenvalue weighted by molar-refractivity contribution is 7.92. The minimum absolute atomic E-state index is 0.0214. The predicted molar refractivity (Wildman–Crippen MR) is 110 cm³/mol. The quantitative estimate of drug-likeness (QED) is 0.656. The molecule has 30 heavy (non-hydrogen) atoms. The highest BCUT2D eigenvalue weighted by atomic mass is 35.5. The molecule has 0 radical (unpaired) electrons. The van der Waals surface area contributed by atoms with Gasteiger partial charge in [0, 0.05) is 13.1 Å². The van der Waals surface area contributed by atoms with E-state index < -0.39 is 26.0 Å². The number of nitrogens with one attached hydrogen (secondary N) is 1. The molecule has 0 unspecified atom stereocenters. The Morgan fingerprint density at radius 3 is 2.40 bits per heavy atom. The normalized spacial score (nSPS) is 15.7. The number of hydrogen-bond donors (Lipinski definition) is 2. The molecule has 1 aliphatic heterocycles. The molecule has 2 N–H and O–H groups in total. The molecule has 2 aromatic carbocycles. The lowest BCUT2D eigenvalue weighted by molar-refractivity contribution is 0.0696. The van der Waals surface area contributed by atoms with Gasteiger partial charge in [0.05, 0.1) is 39.3 Å². The summed E-state index contributed by atoms with van der Waals surface area (Å²) in [5.41, 5.74) is 0.127. The van der Waals surface area contributed by atoms with E-state index in [1.54, 1.807) is 6.92 Å². The van der Waals surface area contributed by atoms with Crippen molar-refractivity contribution in [2.75, 3.05) is 31.0 Å². The van der Waals surface area contributed by atoms with Crippen molar-refractivity contribution in [3.63, 3.8) is 0 Å². The highest BCUT2D eigenvalue weighted by Crippen LogP contribution is 2.27. The van der Waals surface area contributed by atoms with E-state index in [1.165, 1.54) is 28.6 Å². The smallest absolute Gasteiger partial charge is 0.337 e. The second-order valence-corrected chi connectivity index (χ2v) is 10.5. The highest BCUT2D eigenvalue weighted by Gasteiger charge is 2.28. The fourth-order valence-electron chi connectivity index (χ4n) is 2.92. The summed E-state index contributed by atoms with van der Waals surface area (Å²) in [6.07, 6.45) is 0. The third-order valence-corrected chi connectivity index (χ3v) is 8.26. The summed E-state index contributed by atoms with van der Waals surface area (Å²) in [7, 11) is -8.02. The third kappa shape index (κ3) is 4.60. The van der Waals surface area contributed by atoms with Crippen molar-refractivity contribution >= 4 is 43.3 Å². The maximum absolute atomic E-state index is 13.0. The summed E-state index contributed by atoms with van der Waals surface area (Å²) in [5.74, 6) is -1.37. The van der Waals surface area contributed by atoms with Crippen LogP contribution < -0.4 is 4.72 Å². The maximum atomic E-state index is 13.0. The fourth-order valence-corrected chi connectivity index (χ4v) is 5.85. The van der Waals surface area contributed by atoms with Crippen molar-refractivity contribution < 1.29 is 31.5 Å². The maximum Gasteiger partial charge on any atom is 0.337 e. The van der Waals surface area contributed by atoms with Gasteiger partial charge in [0.1, 0.15) is 0 Å². The zero-order chi connectivity index (χ0) is 22.1. The molecule has 9 nitrogen and oxygen atoms in total. The Labute approximate surface area is 179 Å².